The average Bonchev–Trinajstić information content (AvgIpc) is 2.96. The summed E-state index contributed by atoms with van der Waals surface area (Å²) in [6.45, 7) is 2.78. The molecule has 0 saturated carbocycles. The van der Waals surface area contributed by atoms with Gasteiger partial charge in [0.1, 0.15) is 5.75 Å². The lowest BCUT2D eigenvalue weighted by Crippen LogP contribution is -2.10. The molecule has 0 saturated heterocycles. The predicted molar refractivity (Wildman–Crippen MR) is 84.7 cm³/mol. The molecule has 2 aromatic carbocycles. The molecular formula is C19H22O2. The molecule has 2 nitrogen and oxygen atoms in total. The summed E-state index contributed by atoms with van der Waals surface area (Å²) in [4.78, 5) is 0. The molecule has 21 heavy (non-hydrogen) atoms. The molecule has 2 atom stereocenters. The summed E-state index contributed by atoms with van der Waals surface area (Å²) in [5.74, 6) is 0.990. The van der Waals surface area contributed by atoms with E-state index in [0.717, 1.165) is 30.6 Å². The summed E-state index contributed by atoms with van der Waals surface area (Å²) >= 11 is 0. The van der Waals surface area contributed by atoms with Crippen molar-refractivity contribution in [3.63, 3.8) is 0 Å². The number of hydrogen-bond acceptors (Lipinski definition) is 2. The van der Waals surface area contributed by atoms with Gasteiger partial charge in [-0.1, -0.05) is 49.4 Å². The van der Waals surface area contributed by atoms with E-state index in [9.17, 15) is 5.11 Å². The zero-order chi connectivity index (χ0) is 14.7. The number of rotatable bonds is 5. The van der Waals surface area contributed by atoms with E-state index < -0.39 is 6.10 Å². The maximum Gasteiger partial charge on any atom is 0.125 e. The normalized spacial score (nSPS) is 18.3. The van der Waals surface area contributed by atoms with E-state index in [2.05, 4.69) is 31.2 Å². The van der Waals surface area contributed by atoms with Crippen molar-refractivity contribution in [3.05, 3.63) is 65.2 Å². The number of para-hydroxylation sites is 1. The average molecular weight is 282 g/mol. The highest BCUT2D eigenvalue weighted by Gasteiger charge is 2.30. The fourth-order valence-corrected chi connectivity index (χ4v) is 3.20. The van der Waals surface area contributed by atoms with Crippen LogP contribution >= 0.6 is 0 Å². The highest BCUT2D eigenvalue weighted by atomic mass is 16.5. The van der Waals surface area contributed by atoms with Gasteiger partial charge in [-0.15, -0.1) is 0 Å². The van der Waals surface area contributed by atoms with Crippen LogP contribution in [-0.2, 0) is 6.42 Å². The smallest absolute Gasteiger partial charge is 0.125 e. The minimum atomic E-state index is -0.498. The number of aliphatic hydroxyl groups excluding tert-OH is 1. The Labute approximate surface area is 126 Å². The van der Waals surface area contributed by atoms with E-state index in [0.29, 0.717) is 6.61 Å². The fraction of sp³-hybridized carbons (Fsp3) is 0.368. The lowest BCUT2D eigenvalue weighted by molar-refractivity contribution is 0.139. The van der Waals surface area contributed by atoms with Gasteiger partial charge in [-0.2, -0.15) is 0 Å². The molecule has 2 heteroatoms. The summed E-state index contributed by atoms with van der Waals surface area (Å²) in [5.41, 5.74) is 3.57. The second kappa shape index (κ2) is 6.31. The van der Waals surface area contributed by atoms with Crippen LogP contribution in [0.3, 0.4) is 0 Å². The van der Waals surface area contributed by atoms with Gasteiger partial charge in [0.25, 0.3) is 0 Å². The van der Waals surface area contributed by atoms with Gasteiger partial charge in [-0.25, -0.2) is 0 Å². The second-order valence-corrected chi connectivity index (χ2v) is 5.68. The van der Waals surface area contributed by atoms with Gasteiger partial charge in [0.15, 0.2) is 0 Å². The van der Waals surface area contributed by atoms with Crippen molar-refractivity contribution in [2.24, 2.45) is 0 Å². The Hall–Kier alpha value is -1.80. The largest absolute Gasteiger partial charge is 0.493 e. The molecule has 1 aliphatic rings. The van der Waals surface area contributed by atoms with Crippen LogP contribution < -0.4 is 4.74 Å². The molecule has 0 spiro atoms. The molecule has 3 rings (SSSR count). The van der Waals surface area contributed by atoms with Crippen LogP contribution in [0.1, 0.15) is 48.5 Å². The van der Waals surface area contributed by atoms with Crippen molar-refractivity contribution in [2.45, 2.75) is 38.2 Å². The summed E-state index contributed by atoms with van der Waals surface area (Å²) in [5, 5.41) is 10.9. The van der Waals surface area contributed by atoms with E-state index in [1.54, 1.807) is 0 Å². The lowest BCUT2D eigenvalue weighted by Gasteiger charge is -2.22. The monoisotopic (exact) mass is 282 g/mol. The molecule has 110 valence electrons. The quantitative estimate of drug-likeness (QED) is 0.889. The molecular weight excluding hydrogens is 260 g/mol. The van der Waals surface area contributed by atoms with Crippen LogP contribution in [0.4, 0.5) is 0 Å². The third kappa shape index (κ3) is 2.81. The molecule has 0 aromatic heterocycles. The van der Waals surface area contributed by atoms with Gasteiger partial charge in [0, 0.05) is 11.5 Å². The first kappa shape index (κ1) is 14.2. The van der Waals surface area contributed by atoms with Crippen LogP contribution in [0.15, 0.2) is 48.5 Å². The van der Waals surface area contributed by atoms with E-state index in [1.165, 1.54) is 11.1 Å². The Kier molecular flexibility index (Phi) is 4.26. The van der Waals surface area contributed by atoms with Crippen molar-refractivity contribution in [3.8, 4) is 5.75 Å². The van der Waals surface area contributed by atoms with E-state index in [-0.39, 0.29) is 5.92 Å². The van der Waals surface area contributed by atoms with E-state index in [1.807, 2.05) is 24.3 Å². The van der Waals surface area contributed by atoms with Gasteiger partial charge in [-0.3, -0.25) is 0 Å². The highest BCUT2D eigenvalue weighted by molar-refractivity contribution is 5.41. The molecule has 2 unspecified atom stereocenters. The molecule has 2 aromatic rings. The van der Waals surface area contributed by atoms with Gasteiger partial charge >= 0.3 is 0 Å². The van der Waals surface area contributed by atoms with E-state index in [4.69, 9.17) is 4.74 Å². The van der Waals surface area contributed by atoms with Crippen LogP contribution in [0.5, 0.6) is 5.75 Å². The number of ether oxygens (including phenoxy) is 1. The number of aryl methyl sites for hydroxylation is 1. The zero-order valence-corrected chi connectivity index (χ0v) is 12.5. The highest BCUT2D eigenvalue weighted by Crippen LogP contribution is 2.43. The number of benzene rings is 2. The first-order valence-corrected chi connectivity index (χ1v) is 7.79. The van der Waals surface area contributed by atoms with Crippen LogP contribution in [0, 0.1) is 0 Å². The predicted octanol–water partition coefficient (Wildman–Crippen LogP) is 4.24. The molecule has 1 N–H and O–H groups in total. The van der Waals surface area contributed by atoms with E-state index >= 15 is 0 Å². The summed E-state index contributed by atoms with van der Waals surface area (Å²) in [6, 6.07) is 16.3. The number of hydrogen-bond donors (Lipinski definition) is 1. The molecule has 0 aliphatic heterocycles. The van der Waals surface area contributed by atoms with Crippen molar-refractivity contribution >= 4 is 0 Å². The topological polar surface area (TPSA) is 29.5 Å². The van der Waals surface area contributed by atoms with Crippen LogP contribution in [0.25, 0.3) is 0 Å². The molecule has 0 heterocycles. The minimum absolute atomic E-state index is 0.174. The SMILES string of the molecule is CCCOc1ccccc1C(O)C1CCc2ccccc21. The van der Waals surface area contributed by atoms with Crippen molar-refractivity contribution in [1.29, 1.82) is 0 Å². The Morgan fingerprint density at radius 2 is 1.90 bits per heavy atom. The molecule has 0 amide bonds. The standard InChI is InChI=1S/C19H22O2/c1-2-13-21-18-10-6-5-9-17(18)19(20)16-12-11-14-7-3-4-8-15(14)16/h3-10,16,19-20H,2,11-13H2,1H3. The molecule has 1 aliphatic carbocycles. The van der Waals surface area contributed by atoms with Gasteiger partial charge in [0.05, 0.1) is 12.7 Å². The van der Waals surface area contributed by atoms with Crippen molar-refractivity contribution < 1.29 is 9.84 Å². The number of fused-ring (bicyclic) bond motifs is 1. The van der Waals surface area contributed by atoms with Gasteiger partial charge in [-0.05, 0) is 36.5 Å². The number of aliphatic hydroxyl groups is 1. The maximum atomic E-state index is 10.9. The minimum Gasteiger partial charge on any atom is -0.493 e. The first-order chi connectivity index (χ1) is 10.3. The maximum absolute atomic E-state index is 10.9. The zero-order valence-electron chi connectivity index (χ0n) is 12.5. The van der Waals surface area contributed by atoms with Gasteiger partial charge in [0.2, 0.25) is 0 Å². The Morgan fingerprint density at radius 1 is 1.14 bits per heavy atom. The Balaban J connectivity index is 1.88. The molecule has 0 radical (unpaired) electrons. The fourth-order valence-electron chi connectivity index (χ4n) is 3.20. The molecule has 0 bridgehead atoms. The van der Waals surface area contributed by atoms with Gasteiger partial charge < -0.3 is 9.84 Å². The Morgan fingerprint density at radius 3 is 2.76 bits per heavy atom. The second-order valence-electron chi connectivity index (χ2n) is 5.68. The lowest BCUT2D eigenvalue weighted by atomic mass is 9.90. The van der Waals surface area contributed by atoms with Crippen LogP contribution in [0.2, 0.25) is 0 Å². The third-order valence-electron chi connectivity index (χ3n) is 4.26. The van der Waals surface area contributed by atoms with Crippen molar-refractivity contribution in [1.82, 2.24) is 0 Å². The van der Waals surface area contributed by atoms with Crippen LogP contribution in [-0.4, -0.2) is 11.7 Å². The summed E-state index contributed by atoms with van der Waals surface area (Å²) in [6.07, 6.45) is 2.52. The Bertz CT molecular complexity index is 606. The third-order valence-corrected chi connectivity index (χ3v) is 4.26. The first-order valence-electron chi connectivity index (χ1n) is 7.79. The molecule has 0 fully saturated rings. The summed E-state index contributed by atoms with van der Waals surface area (Å²) in [7, 11) is 0. The summed E-state index contributed by atoms with van der Waals surface area (Å²) < 4.78 is 5.79. The van der Waals surface area contributed by atoms with Crippen molar-refractivity contribution in [2.75, 3.05) is 6.61 Å².